The van der Waals surface area contributed by atoms with Crippen LogP contribution in [0, 0.1) is 0 Å². The second kappa shape index (κ2) is 3.98. The Balaban J connectivity index is 2.18. The quantitative estimate of drug-likeness (QED) is 0.776. The summed E-state index contributed by atoms with van der Waals surface area (Å²) in [5.74, 6) is 1.84. The molecule has 2 heterocycles. The van der Waals surface area contributed by atoms with E-state index in [-0.39, 0.29) is 0 Å². The number of ether oxygens (including phenoxy) is 1. The fourth-order valence-corrected chi connectivity index (χ4v) is 2.32. The number of rotatable bonds is 2. The third kappa shape index (κ3) is 1.95. The highest BCUT2D eigenvalue weighted by molar-refractivity contribution is 7.99. The van der Waals surface area contributed by atoms with E-state index in [2.05, 4.69) is 10.3 Å². The van der Waals surface area contributed by atoms with Gasteiger partial charge in [0.2, 0.25) is 5.88 Å². The molecule has 0 aromatic carbocycles. The lowest BCUT2D eigenvalue weighted by Gasteiger charge is -2.09. The highest BCUT2D eigenvalue weighted by Gasteiger charge is 2.17. The minimum atomic E-state index is 0.343. The molecule has 1 saturated heterocycles. The largest absolute Gasteiger partial charge is 0.481 e. The van der Waals surface area contributed by atoms with Gasteiger partial charge >= 0.3 is 0 Å². The lowest BCUT2D eigenvalue weighted by molar-refractivity contribution is 0.395. The molecule has 3 nitrogen and oxygen atoms in total. The summed E-state index contributed by atoms with van der Waals surface area (Å²) < 4.78 is 5.07. The molecule has 0 aliphatic carbocycles. The van der Waals surface area contributed by atoms with Crippen LogP contribution in [0.1, 0.15) is 11.1 Å². The van der Waals surface area contributed by atoms with Crippen LogP contribution < -0.4 is 10.1 Å². The summed E-state index contributed by atoms with van der Waals surface area (Å²) in [6, 6.07) is 5.86. The first kappa shape index (κ1) is 8.84. The van der Waals surface area contributed by atoms with Crippen molar-refractivity contribution < 1.29 is 4.74 Å². The molecule has 0 bridgehead atoms. The van der Waals surface area contributed by atoms with Crippen molar-refractivity contribution in [2.75, 3.05) is 19.4 Å². The molecule has 1 aromatic heterocycles. The van der Waals surface area contributed by atoms with Crippen LogP contribution in [0.15, 0.2) is 18.2 Å². The first-order valence-corrected chi connectivity index (χ1v) is 5.31. The van der Waals surface area contributed by atoms with Gasteiger partial charge < -0.3 is 4.74 Å². The molecule has 0 radical (unpaired) electrons. The minimum Gasteiger partial charge on any atom is -0.481 e. The van der Waals surface area contributed by atoms with Gasteiger partial charge in [-0.15, -0.1) is 11.8 Å². The van der Waals surface area contributed by atoms with Crippen molar-refractivity contribution in [1.29, 1.82) is 0 Å². The zero-order valence-corrected chi connectivity index (χ0v) is 8.30. The predicted octanol–water partition coefficient (Wildman–Crippen LogP) is 1.43. The van der Waals surface area contributed by atoms with E-state index in [1.54, 1.807) is 7.11 Å². The van der Waals surface area contributed by atoms with Crippen molar-refractivity contribution in [2.45, 2.75) is 5.37 Å². The summed E-state index contributed by atoms with van der Waals surface area (Å²) in [5, 5.41) is 3.71. The SMILES string of the molecule is COc1cccc(C2NCCS2)n1. The molecule has 2 rings (SSSR count). The molecule has 13 heavy (non-hydrogen) atoms. The maximum absolute atomic E-state index is 5.07. The Hall–Kier alpha value is -0.740. The van der Waals surface area contributed by atoms with E-state index in [9.17, 15) is 0 Å². The Bertz CT molecular complexity index is 287. The van der Waals surface area contributed by atoms with Crippen molar-refractivity contribution in [1.82, 2.24) is 10.3 Å². The fraction of sp³-hybridized carbons (Fsp3) is 0.444. The Morgan fingerprint density at radius 2 is 2.54 bits per heavy atom. The molecule has 70 valence electrons. The van der Waals surface area contributed by atoms with Crippen LogP contribution in [-0.2, 0) is 0 Å². The smallest absolute Gasteiger partial charge is 0.213 e. The molecule has 0 spiro atoms. The average molecular weight is 196 g/mol. The number of hydrogen-bond donors (Lipinski definition) is 1. The molecule has 1 aromatic rings. The highest BCUT2D eigenvalue weighted by Crippen LogP contribution is 2.29. The molecule has 0 amide bonds. The first-order valence-electron chi connectivity index (χ1n) is 4.26. The molecule has 1 aliphatic rings. The average Bonchev–Trinajstić information content (AvgIpc) is 2.71. The Kier molecular flexibility index (Phi) is 2.71. The minimum absolute atomic E-state index is 0.343. The zero-order valence-electron chi connectivity index (χ0n) is 7.49. The first-order chi connectivity index (χ1) is 6.40. The van der Waals surface area contributed by atoms with Gasteiger partial charge in [0.1, 0.15) is 0 Å². The second-order valence-corrected chi connectivity index (χ2v) is 4.02. The Morgan fingerprint density at radius 3 is 3.23 bits per heavy atom. The van der Waals surface area contributed by atoms with Crippen molar-refractivity contribution in [3.8, 4) is 5.88 Å². The zero-order chi connectivity index (χ0) is 9.10. The van der Waals surface area contributed by atoms with Crippen LogP contribution in [-0.4, -0.2) is 24.4 Å². The van der Waals surface area contributed by atoms with E-state index in [4.69, 9.17) is 4.74 Å². The third-order valence-electron chi connectivity index (χ3n) is 1.94. The van der Waals surface area contributed by atoms with Crippen LogP contribution >= 0.6 is 11.8 Å². The number of nitrogens with zero attached hydrogens (tertiary/aromatic N) is 1. The second-order valence-electron chi connectivity index (χ2n) is 2.81. The molecule has 1 aliphatic heterocycles. The van der Waals surface area contributed by atoms with Gasteiger partial charge in [0.05, 0.1) is 18.2 Å². The summed E-state index contributed by atoms with van der Waals surface area (Å²) in [5.41, 5.74) is 1.06. The molecule has 0 saturated carbocycles. The maximum Gasteiger partial charge on any atom is 0.213 e. The van der Waals surface area contributed by atoms with Crippen molar-refractivity contribution in [3.63, 3.8) is 0 Å². The van der Waals surface area contributed by atoms with Crippen LogP contribution in [0.2, 0.25) is 0 Å². The number of hydrogen-bond acceptors (Lipinski definition) is 4. The van der Waals surface area contributed by atoms with Gasteiger partial charge in [-0.3, -0.25) is 5.32 Å². The van der Waals surface area contributed by atoms with E-state index >= 15 is 0 Å². The van der Waals surface area contributed by atoms with E-state index in [1.165, 1.54) is 0 Å². The fourth-order valence-electron chi connectivity index (χ4n) is 1.31. The maximum atomic E-state index is 5.07. The van der Waals surface area contributed by atoms with Crippen molar-refractivity contribution in [2.24, 2.45) is 0 Å². The summed E-state index contributed by atoms with van der Waals surface area (Å²) in [6.45, 7) is 1.06. The van der Waals surface area contributed by atoms with Gasteiger partial charge in [0.25, 0.3) is 0 Å². The lowest BCUT2D eigenvalue weighted by Crippen LogP contribution is -2.13. The van der Waals surface area contributed by atoms with E-state index in [0.29, 0.717) is 11.3 Å². The Labute approximate surface area is 81.9 Å². The lowest BCUT2D eigenvalue weighted by atomic mass is 10.3. The molecule has 1 unspecified atom stereocenters. The van der Waals surface area contributed by atoms with Crippen LogP contribution in [0.25, 0.3) is 0 Å². The van der Waals surface area contributed by atoms with E-state index in [0.717, 1.165) is 18.0 Å². The van der Waals surface area contributed by atoms with Gasteiger partial charge in [0, 0.05) is 18.4 Å². The van der Waals surface area contributed by atoms with E-state index < -0.39 is 0 Å². The monoisotopic (exact) mass is 196 g/mol. The van der Waals surface area contributed by atoms with Gasteiger partial charge in [-0.05, 0) is 6.07 Å². The van der Waals surface area contributed by atoms with Crippen LogP contribution in [0.5, 0.6) is 5.88 Å². The van der Waals surface area contributed by atoms with Gasteiger partial charge in [-0.2, -0.15) is 0 Å². The van der Waals surface area contributed by atoms with E-state index in [1.807, 2.05) is 30.0 Å². The predicted molar refractivity (Wildman–Crippen MR) is 54.0 cm³/mol. The molecule has 4 heteroatoms. The third-order valence-corrected chi connectivity index (χ3v) is 3.12. The number of pyridine rings is 1. The summed E-state index contributed by atoms with van der Waals surface area (Å²) in [7, 11) is 1.64. The van der Waals surface area contributed by atoms with Gasteiger partial charge in [-0.1, -0.05) is 6.07 Å². The standard InChI is InChI=1S/C9H12N2OS/c1-12-8-4-2-3-7(11-8)9-10-5-6-13-9/h2-4,9-10H,5-6H2,1H3. The number of aromatic nitrogens is 1. The molecule has 1 fully saturated rings. The van der Waals surface area contributed by atoms with Crippen LogP contribution in [0.4, 0.5) is 0 Å². The summed E-state index contributed by atoms with van der Waals surface area (Å²) >= 11 is 1.89. The molecular formula is C9H12N2OS. The van der Waals surface area contributed by atoms with Crippen molar-refractivity contribution >= 4 is 11.8 Å². The molecule has 1 atom stereocenters. The summed E-state index contributed by atoms with van der Waals surface area (Å²) in [4.78, 5) is 4.37. The molecular weight excluding hydrogens is 184 g/mol. The molecule has 1 N–H and O–H groups in total. The van der Waals surface area contributed by atoms with Crippen LogP contribution in [0.3, 0.4) is 0 Å². The Morgan fingerprint density at radius 1 is 1.62 bits per heavy atom. The van der Waals surface area contributed by atoms with Gasteiger partial charge in [0.15, 0.2) is 0 Å². The topological polar surface area (TPSA) is 34.1 Å². The summed E-state index contributed by atoms with van der Waals surface area (Å²) in [6.07, 6.45) is 0. The normalized spacial score (nSPS) is 21.8. The van der Waals surface area contributed by atoms with Gasteiger partial charge in [-0.25, -0.2) is 4.98 Å². The number of nitrogens with one attached hydrogen (secondary N) is 1. The van der Waals surface area contributed by atoms with Crippen molar-refractivity contribution in [3.05, 3.63) is 23.9 Å². The number of methoxy groups -OCH3 is 1. The number of thioether (sulfide) groups is 1. The highest BCUT2D eigenvalue weighted by atomic mass is 32.2.